The number of hydrogen-bond acceptors (Lipinski definition) is 4. The van der Waals surface area contributed by atoms with Gasteiger partial charge in [0.05, 0.1) is 5.69 Å². The van der Waals surface area contributed by atoms with Gasteiger partial charge in [-0.15, -0.1) is 0 Å². The number of nitrogen functional groups attached to an aromatic ring is 1. The summed E-state index contributed by atoms with van der Waals surface area (Å²) in [4.78, 5) is 10.3. The molecule has 0 aliphatic carbocycles. The van der Waals surface area contributed by atoms with E-state index in [0.717, 1.165) is 12.1 Å². The molecule has 1 rings (SSSR count). The second kappa shape index (κ2) is 5.78. The number of halogens is 1. The van der Waals surface area contributed by atoms with Crippen LogP contribution in [-0.4, -0.2) is 27.4 Å². The van der Waals surface area contributed by atoms with E-state index in [0.29, 0.717) is 0 Å². The maximum atomic E-state index is 13.0. The summed E-state index contributed by atoms with van der Waals surface area (Å²) >= 11 is 0. The average Bonchev–Trinajstić information content (AvgIpc) is 2.27. The van der Waals surface area contributed by atoms with Crippen molar-refractivity contribution < 1.29 is 17.6 Å². The first-order valence-electron chi connectivity index (χ1n) is 5.12. The highest BCUT2D eigenvalue weighted by molar-refractivity contribution is 7.89. The molecule has 0 aliphatic heterocycles. The topological polar surface area (TPSA) is 101 Å². The van der Waals surface area contributed by atoms with Crippen LogP contribution in [0, 0.1) is 5.82 Å². The van der Waals surface area contributed by atoms with Gasteiger partial charge in [-0.3, -0.25) is 4.79 Å². The summed E-state index contributed by atoms with van der Waals surface area (Å²) in [5.74, 6) is -0.953. The van der Waals surface area contributed by atoms with E-state index in [2.05, 4.69) is 10.0 Å². The molecular formula is C10H14FN3O3S. The Hall–Kier alpha value is -1.67. The van der Waals surface area contributed by atoms with Crippen molar-refractivity contribution in [3.05, 3.63) is 24.0 Å². The van der Waals surface area contributed by atoms with Crippen LogP contribution < -0.4 is 15.8 Å². The molecule has 0 fully saturated rings. The van der Waals surface area contributed by atoms with Gasteiger partial charge in [-0.1, -0.05) is 0 Å². The molecule has 0 bridgehead atoms. The minimum Gasteiger partial charge on any atom is -0.398 e. The van der Waals surface area contributed by atoms with E-state index < -0.39 is 15.8 Å². The highest BCUT2D eigenvalue weighted by Gasteiger charge is 2.17. The predicted octanol–water partition coefficient (Wildman–Crippen LogP) is -0.178. The van der Waals surface area contributed by atoms with Crippen LogP contribution in [0.5, 0.6) is 0 Å². The summed E-state index contributed by atoms with van der Waals surface area (Å²) in [6.07, 6.45) is 0. The van der Waals surface area contributed by atoms with Crippen molar-refractivity contribution in [2.75, 3.05) is 18.8 Å². The third-order valence-electron chi connectivity index (χ3n) is 2.06. The zero-order chi connectivity index (χ0) is 13.8. The van der Waals surface area contributed by atoms with E-state index in [9.17, 15) is 17.6 Å². The molecule has 1 amide bonds. The number of nitrogens with one attached hydrogen (secondary N) is 2. The summed E-state index contributed by atoms with van der Waals surface area (Å²) in [7, 11) is -3.88. The number of amides is 1. The molecule has 0 unspecified atom stereocenters. The lowest BCUT2D eigenvalue weighted by atomic mass is 10.3. The van der Waals surface area contributed by atoms with E-state index in [1.54, 1.807) is 0 Å². The molecule has 0 spiro atoms. The van der Waals surface area contributed by atoms with Crippen LogP contribution in [0.1, 0.15) is 6.92 Å². The Kier molecular flexibility index (Phi) is 4.62. The molecule has 0 saturated carbocycles. The minimum absolute atomic E-state index is 0.00212. The van der Waals surface area contributed by atoms with E-state index in [1.165, 1.54) is 13.0 Å². The Bertz CT molecular complexity index is 545. The van der Waals surface area contributed by atoms with Crippen LogP contribution in [0.4, 0.5) is 10.1 Å². The molecule has 0 saturated heterocycles. The van der Waals surface area contributed by atoms with Gasteiger partial charge in [-0.2, -0.15) is 0 Å². The lowest BCUT2D eigenvalue weighted by Gasteiger charge is -2.09. The Morgan fingerprint density at radius 2 is 2.06 bits per heavy atom. The van der Waals surface area contributed by atoms with Crippen molar-refractivity contribution in [2.45, 2.75) is 11.8 Å². The minimum atomic E-state index is -3.88. The highest BCUT2D eigenvalue weighted by Crippen LogP contribution is 2.18. The van der Waals surface area contributed by atoms with E-state index in [1.807, 2.05) is 0 Å². The number of anilines is 1. The maximum absolute atomic E-state index is 13.0. The van der Waals surface area contributed by atoms with Crippen molar-refractivity contribution in [2.24, 2.45) is 0 Å². The molecule has 8 heteroatoms. The van der Waals surface area contributed by atoms with E-state index in [-0.39, 0.29) is 29.6 Å². The fraction of sp³-hybridized carbons (Fsp3) is 0.300. The third-order valence-corrected chi connectivity index (χ3v) is 3.57. The first kappa shape index (κ1) is 14.4. The standard InChI is InChI=1S/C10H14FN3O3S/c1-7(15)13-4-5-14-18(16,17)10-6-8(11)2-3-9(10)12/h2-3,6,14H,4-5,12H2,1H3,(H,13,15). The Balaban J connectivity index is 2.74. The lowest BCUT2D eigenvalue weighted by molar-refractivity contribution is -0.118. The van der Waals surface area contributed by atoms with Gasteiger partial charge < -0.3 is 11.1 Å². The fourth-order valence-corrected chi connectivity index (χ4v) is 2.41. The average molecular weight is 275 g/mol. The van der Waals surface area contributed by atoms with Crippen molar-refractivity contribution in [1.82, 2.24) is 10.0 Å². The molecule has 1 aromatic rings. The summed E-state index contributed by atoms with van der Waals surface area (Å²) < 4.78 is 38.7. The summed E-state index contributed by atoms with van der Waals surface area (Å²) in [6.45, 7) is 1.46. The van der Waals surface area contributed by atoms with Crippen LogP contribution in [-0.2, 0) is 14.8 Å². The molecule has 6 nitrogen and oxygen atoms in total. The van der Waals surface area contributed by atoms with Gasteiger partial charge in [-0.05, 0) is 18.2 Å². The smallest absolute Gasteiger partial charge is 0.242 e. The second-order valence-corrected chi connectivity index (χ2v) is 5.30. The third kappa shape index (κ3) is 3.97. The Labute approximate surface area is 104 Å². The first-order valence-corrected chi connectivity index (χ1v) is 6.60. The van der Waals surface area contributed by atoms with Gasteiger partial charge in [0.15, 0.2) is 0 Å². The van der Waals surface area contributed by atoms with Crippen LogP contribution in [0.25, 0.3) is 0 Å². The van der Waals surface area contributed by atoms with Crippen LogP contribution in [0.3, 0.4) is 0 Å². The molecule has 0 atom stereocenters. The highest BCUT2D eigenvalue weighted by atomic mass is 32.2. The number of benzene rings is 1. The van der Waals surface area contributed by atoms with Gasteiger partial charge in [0.2, 0.25) is 15.9 Å². The van der Waals surface area contributed by atoms with Crippen molar-refractivity contribution in [1.29, 1.82) is 0 Å². The summed E-state index contributed by atoms with van der Waals surface area (Å²) in [5.41, 5.74) is 5.43. The van der Waals surface area contributed by atoms with E-state index >= 15 is 0 Å². The predicted molar refractivity (Wildman–Crippen MR) is 64.7 cm³/mol. The molecule has 0 aromatic heterocycles. The number of nitrogens with two attached hydrogens (primary N) is 1. The maximum Gasteiger partial charge on any atom is 0.242 e. The Morgan fingerprint density at radius 1 is 1.39 bits per heavy atom. The van der Waals surface area contributed by atoms with Gasteiger partial charge in [-0.25, -0.2) is 17.5 Å². The van der Waals surface area contributed by atoms with Crippen LogP contribution >= 0.6 is 0 Å². The SMILES string of the molecule is CC(=O)NCCNS(=O)(=O)c1cc(F)ccc1N. The van der Waals surface area contributed by atoms with Gasteiger partial charge in [0.25, 0.3) is 0 Å². The number of carbonyl (C=O) groups excluding carboxylic acids is 1. The largest absolute Gasteiger partial charge is 0.398 e. The normalized spacial score (nSPS) is 11.2. The zero-order valence-electron chi connectivity index (χ0n) is 9.73. The Morgan fingerprint density at radius 3 is 2.67 bits per heavy atom. The first-order chi connectivity index (χ1) is 8.33. The number of hydrogen-bond donors (Lipinski definition) is 3. The van der Waals surface area contributed by atoms with Crippen LogP contribution in [0.2, 0.25) is 0 Å². The number of rotatable bonds is 5. The molecule has 4 N–H and O–H groups in total. The fourth-order valence-electron chi connectivity index (χ4n) is 1.24. The summed E-state index contributed by atoms with van der Waals surface area (Å²) in [6, 6.07) is 3.10. The number of sulfonamides is 1. The van der Waals surface area contributed by atoms with Gasteiger partial charge in [0, 0.05) is 20.0 Å². The molecular weight excluding hydrogens is 261 g/mol. The van der Waals surface area contributed by atoms with Crippen molar-refractivity contribution >= 4 is 21.6 Å². The van der Waals surface area contributed by atoms with Gasteiger partial charge in [0.1, 0.15) is 10.7 Å². The monoisotopic (exact) mass is 275 g/mol. The second-order valence-electron chi connectivity index (χ2n) is 3.56. The molecule has 0 heterocycles. The van der Waals surface area contributed by atoms with Crippen molar-refractivity contribution in [3.63, 3.8) is 0 Å². The quantitative estimate of drug-likeness (QED) is 0.512. The molecule has 0 radical (unpaired) electrons. The van der Waals surface area contributed by atoms with E-state index in [4.69, 9.17) is 5.73 Å². The molecule has 18 heavy (non-hydrogen) atoms. The molecule has 0 aliphatic rings. The van der Waals surface area contributed by atoms with Crippen LogP contribution in [0.15, 0.2) is 23.1 Å². The lowest BCUT2D eigenvalue weighted by Crippen LogP contribution is -2.34. The van der Waals surface area contributed by atoms with Crippen molar-refractivity contribution in [3.8, 4) is 0 Å². The van der Waals surface area contributed by atoms with Gasteiger partial charge >= 0.3 is 0 Å². The number of carbonyl (C=O) groups is 1. The molecule has 100 valence electrons. The molecule has 1 aromatic carbocycles. The zero-order valence-corrected chi connectivity index (χ0v) is 10.6. The summed E-state index contributed by atoms with van der Waals surface area (Å²) in [5, 5.41) is 2.42.